The third-order valence-corrected chi connectivity index (χ3v) is 9.38. The number of hydrogen-bond donors (Lipinski definition) is 1. The number of ether oxygens (including phenoxy) is 1. The number of anilines is 1. The summed E-state index contributed by atoms with van der Waals surface area (Å²) in [4.78, 5) is 39.3. The Labute approximate surface area is 240 Å². The number of amides is 3. The van der Waals surface area contributed by atoms with Crippen molar-refractivity contribution in [2.75, 3.05) is 11.9 Å². The molecule has 1 N–H and O–H groups in total. The molecule has 0 unspecified atom stereocenters. The maximum atomic E-state index is 13.9. The predicted molar refractivity (Wildman–Crippen MR) is 151 cm³/mol. The highest BCUT2D eigenvalue weighted by Crippen LogP contribution is 2.69. The van der Waals surface area contributed by atoms with Gasteiger partial charge in [-0.3, -0.25) is 19.3 Å². The summed E-state index contributed by atoms with van der Waals surface area (Å²) < 4.78 is 5.79. The number of imide groups is 1. The lowest BCUT2D eigenvalue weighted by atomic mass is 9.54. The van der Waals surface area contributed by atoms with Gasteiger partial charge in [-0.2, -0.15) is 0 Å². The van der Waals surface area contributed by atoms with E-state index in [1.165, 1.54) is 0 Å². The summed E-state index contributed by atoms with van der Waals surface area (Å²) in [6.45, 7) is -0.445. The van der Waals surface area contributed by atoms with Gasteiger partial charge >= 0.3 is 0 Å². The van der Waals surface area contributed by atoms with Gasteiger partial charge in [-0.05, 0) is 58.7 Å². The maximum Gasteiger partial charge on any atom is 0.244 e. The van der Waals surface area contributed by atoms with E-state index in [2.05, 4.69) is 5.32 Å². The fourth-order valence-electron chi connectivity index (χ4n) is 6.46. The van der Waals surface area contributed by atoms with Crippen molar-refractivity contribution in [1.82, 2.24) is 4.90 Å². The largest absolute Gasteiger partial charge is 0.457 e. The van der Waals surface area contributed by atoms with E-state index in [4.69, 9.17) is 27.9 Å². The minimum atomic E-state index is -1.28. The third kappa shape index (κ3) is 3.39. The molecule has 0 aromatic heterocycles. The van der Waals surface area contributed by atoms with E-state index in [0.717, 1.165) is 27.2 Å². The van der Waals surface area contributed by atoms with Crippen LogP contribution in [0.15, 0.2) is 103 Å². The van der Waals surface area contributed by atoms with Crippen molar-refractivity contribution in [3.05, 3.63) is 125 Å². The molecule has 2 bridgehead atoms. The number of rotatable bonds is 5. The minimum absolute atomic E-state index is 0.445. The molecule has 198 valence electrons. The van der Waals surface area contributed by atoms with Crippen molar-refractivity contribution in [3.8, 4) is 11.5 Å². The van der Waals surface area contributed by atoms with E-state index < -0.39 is 45.9 Å². The molecular weight excluding hydrogens is 547 g/mol. The fourth-order valence-corrected chi connectivity index (χ4v) is 7.55. The lowest BCUT2D eigenvalue weighted by Crippen LogP contribution is -2.57. The third-order valence-electron chi connectivity index (χ3n) is 8.10. The van der Waals surface area contributed by atoms with Gasteiger partial charge in [0, 0.05) is 5.69 Å². The summed E-state index contributed by atoms with van der Waals surface area (Å²) in [6.07, 6.45) is 0. The van der Waals surface area contributed by atoms with Crippen LogP contribution in [0.4, 0.5) is 5.69 Å². The molecular formula is C32H22Cl2N2O4. The number of nitrogens with zero attached hydrogens (tertiary/aromatic N) is 1. The molecule has 1 fully saturated rings. The Kier molecular flexibility index (Phi) is 5.56. The molecule has 40 heavy (non-hydrogen) atoms. The first-order chi connectivity index (χ1) is 19.3. The van der Waals surface area contributed by atoms with Crippen molar-refractivity contribution in [3.63, 3.8) is 0 Å². The average Bonchev–Trinajstić information content (AvgIpc) is 3.23. The van der Waals surface area contributed by atoms with Crippen molar-refractivity contribution in [2.45, 2.75) is 9.75 Å². The topological polar surface area (TPSA) is 75.7 Å². The highest BCUT2D eigenvalue weighted by Gasteiger charge is 2.73. The van der Waals surface area contributed by atoms with Crippen molar-refractivity contribution in [1.29, 1.82) is 0 Å². The molecule has 1 heterocycles. The molecule has 8 rings (SSSR count). The normalized spacial score (nSPS) is 25.7. The minimum Gasteiger partial charge on any atom is -0.457 e. The SMILES string of the molecule is O=C(CN1C(=O)[C@H]2[C@H](C1=O)C1(Cl)c3ccccc3C2(Cl)c2ccccc21)Nc1ccc(Oc2ccccc2)cc1. The van der Waals surface area contributed by atoms with Gasteiger partial charge in [-0.15, -0.1) is 23.2 Å². The molecule has 2 atom stereocenters. The van der Waals surface area contributed by atoms with Crippen LogP contribution in [0.2, 0.25) is 0 Å². The number of carbonyl (C=O) groups excluding carboxylic acids is 3. The van der Waals surface area contributed by atoms with Crippen LogP contribution in [0.3, 0.4) is 0 Å². The van der Waals surface area contributed by atoms with Crippen LogP contribution in [0.25, 0.3) is 0 Å². The highest BCUT2D eigenvalue weighted by molar-refractivity contribution is 6.36. The number of likely N-dealkylation sites (tertiary alicyclic amines) is 1. The van der Waals surface area contributed by atoms with E-state index in [1.807, 2.05) is 78.9 Å². The van der Waals surface area contributed by atoms with Gasteiger partial charge in [0.05, 0.1) is 11.8 Å². The number of carbonyl (C=O) groups is 3. The average molecular weight is 569 g/mol. The smallest absolute Gasteiger partial charge is 0.244 e. The molecule has 8 heteroatoms. The van der Waals surface area contributed by atoms with Gasteiger partial charge in [0.15, 0.2) is 0 Å². The summed E-state index contributed by atoms with van der Waals surface area (Å²) in [5.74, 6) is -2.09. The van der Waals surface area contributed by atoms with Crippen LogP contribution in [0, 0.1) is 11.8 Å². The van der Waals surface area contributed by atoms with Crippen molar-refractivity contribution >= 4 is 46.6 Å². The second-order valence-corrected chi connectivity index (χ2v) is 11.4. The summed E-state index contributed by atoms with van der Waals surface area (Å²) >= 11 is 14.8. The number of benzene rings is 4. The maximum absolute atomic E-state index is 13.9. The van der Waals surface area contributed by atoms with Gasteiger partial charge in [-0.1, -0.05) is 66.7 Å². The molecule has 1 saturated heterocycles. The Balaban J connectivity index is 1.15. The van der Waals surface area contributed by atoms with Crippen LogP contribution in [-0.2, 0) is 24.1 Å². The Morgan fingerprint density at radius 3 is 1.57 bits per heavy atom. The Morgan fingerprint density at radius 2 is 1.10 bits per heavy atom. The zero-order valence-electron chi connectivity index (χ0n) is 21.0. The number of alkyl halides is 2. The number of nitrogens with one attached hydrogen (secondary N) is 1. The summed E-state index contributed by atoms with van der Waals surface area (Å²) in [5, 5.41) is 2.77. The lowest BCUT2D eigenvalue weighted by Gasteiger charge is -2.54. The zero-order valence-corrected chi connectivity index (χ0v) is 22.5. The monoisotopic (exact) mass is 568 g/mol. The number of para-hydroxylation sites is 1. The van der Waals surface area contributed by atoms with Crippen LogP contribution < -0.4 is 10.1 Å². The molecule has 4 aliphatic rings. The Morgan fingerprint density at radius 1 is 0.675 bits per heavy atom. The first kappa shape index (κ1) is 24.9. The van der Waals surface area contributed by atoms with E-state index in [-0.39, 0.29) is 0 Å². The fraction of sp³-hybridized carbons (Fsp3) is 0.156. The number of halogens is 2. The second-order valence-electron chi connectivity index (χ2n) is 10.2. The molecule has 3 amide bonds. The first-order valence-corrected chi connectivity index (χ1v) is 13.6. The molecule has 6 nitrogen and oxygen atoms in total. The van der Waals surface area contributed by atoms with Gasteiger partial charge in [0.2, 0.25) is 17.7 Å². The van der Waals surface area contributed by atoms with E-state index in [1.54, 1.807) is 24.3 Å². The number of hydrogen-bond acceptors (Lipinski definition) is 4. The van der Waals surface area contributed by atoms with Crippen molar-refractivity contribution < 1.29 is 19.1 Å². The van der Waals surface area contributed by atoms with Crippen LogP contribution in [0.5, 0.6) is 11.5 Å². The predicted octanol–water partition coefficient (Wildman–Crippen LogP) is 6.01. The Hall–Kier alpha value is -4.13. The van der Waals surface area contributed by atoms with Crippen LogP contribution in [-0.4, -0.2) is 29.2 Å². The molecule has 4 aromatic carbocycles. The molecule has 1 aliphatic heterocycles. The molecule has 0 spiro atoms. The van der Waals surface area contributed by atoms with Gasteiger partial charge < -0.3 is 10.1 Å². The van der Waals surface area contributed by atoms with Gasteiger partial charge in [0.1, 0.15) is 27.8 Å². The van der Waals surface area contributed by atoms with Crippen LogP contribution in [0.1, 0.15) is 22.3 Å². The molecule has 0 radical (unpaired) electrons. The van der Waals surface area contributed by atoms with Gasteiger partial charge in [-0.25, -0.2) is 0 Å². The van der Waals surface area contributed by atoms with Crippen molar-refractivity contribution in [2.24, 2.45) is 11.8 Å². The van der Waals surface area contributed by atoms with Crippen LogP contribution >= 0.6 is 23.2 Å². The van der Waals surface area contributed by atoms with E-state index in [0.29, 0.717) is 17.2 Å². The van der Waals surface area contributed by atoms with Gasteiger partial charge in [0.25, 0.3) is 0 Å². The zero-order chi connectivity index (χ0) is 27.6. The summed E-state index contributed by atoms with van der Waals surface area (Å²) in [7, 11) is 0. The Bertz CT molecular complexity index is 1570. The molecule has 0 saturated carbocycles. The standard InChI is InChI=1S/C32H22Cl2N2O4/c33-31-22-10-4-5-11-23(22)32(34,25-13-7-6-12-24(25)31)28-27(31)29(38)36(30(28)39)18-26(37)35-19-14-16-21(17-15-19)40-20-8-2-1-3-9-20/h1-17,27-28H,18H2,(H,35,37)/t27-,28-,31?,32?/m1/s1. The molecule has 4 aromatic rings. The summed E-state index contributed by atoms with van der Waals surface area (Å²) in [5.41, 5.74) is 3.38. The second kappa shape index (κ2) is 8.95. The van der Waals surface area contributed by atoms with E-state index in [9.17, 15) is 14.4 Å². The highest BCUT2D eigenvalue weighted by atomic mass is 35.5. The first-order valence-electron chi connectivity index (χ1n) is 12.9. The summed E-state index contributed by atoms with van der Waals surface area (Å²) in [6, 6.07) is 31.0. The lowest BCUT2D eigenvalue weighted by molar-refractivity contribution is -0.142. The molecule has 3 aliphatic carbocycles. The van der Waals surface area contributed by atoms with E-state index >= 15 is 0 Å². The quantitative estimate of drug-likeness (QED) is 0.236.